The van der Waals surface area contributed by atoms with Crippen molar-refractivity contribution in [2.24, 2.45) is 5.10 Å². The van der Waals surface area contributed by atoms with Gasteiger partial charge in [-0.05, 0) is 29.8 Å². The maximum atomic E-state index is 13.4. The first-order valence-electron chi connectivity index (χ1n) is 6.70. The van der Waals surface area contributed by atoms with Crippen LogP contribution >= 0.6 is 0 Å². The Morgan fingerprint density at radius 3 is 2.65 bits per heavy atom. The first kappa shape index (κ1) is 16.2. The number of para-hydroxylation sites is 1. The van der Waals surface area contributed by atoms with E-state index in [0.717, 1.165) is 0 Å². The van der Waals surface area contributed by atoms with Gasteiger partial charge in [0.15, 0.2) is 0 Å². The van der Waals surface area contributed by atoms with Crippen LogP contribution in [0.15, 0.2) is 53.6 Å². The summed E-state index contributed by atoms with van der Waals surface area (Å²) in [5.41, 5.74) is 2.77. The number of carbonyl (C=O) groups excluding carboxylic acids is 2. The van der Waals surface area contributed by atoms with Gasteiger partial charge in [-0.1, -0.05) is 24.3 Å². The molecule has 6 nitrogen and oxygen atoms in total. The predicted octanol–water partition coefficient (Wildman–Crippen LogP) is 2.01. The highest BCUT2D eigenvalue weighted by Crippen LogP contribution is 2.12. The highest BCUT2D eigenvalue weighted by Gasteiger charge is 2.10. The second-order valence-electron chi connectivity index (χ2n) is 4.59. The zero-order valence-corrected chi connectivity index (χ0v) is 12.0. The molecule has 2 aromatic carbocycles. The summed E-state index contributed by atoms with van der Waals surface area (Å²) in [5, 5.41) is 15.2. The van der Waals surface area contributed by atoms with Gasteiger partial charge < -0.3 is 10.4 Å². The molecule has 2 amide bonds. The Kier molecular flexibility index (Phi) is 5.40. The van der Waals surface area contributed by atoms with E-state index in [0.29, 0.717) is 5.56 Å². The average Bonchev–Trinajstić information content (AvgIpc) is 2.49. The van der Waals surface area contributed by atoms with E-state index in [1.165, 1.54) is 36.5 Å². The number of hydrogen-bond donors (Lipinski definition) is 3. The lowest BCUT2D eigenvalue weighted by atomic mass is 10.2. The normalized spacial score (nSPS) is 10.5. The molecule has 0 spiro atoms. The second-order valence-corrected chi connectivity index (χ2v) is 4.59. The Morgan fingerprint density at radius 2 is 1.91 bits per heavy atom. The lowest BCUT2D eigenvalue weighted by Gasteiger charge is -2.05. The summed E-state index contributed by atoms with van der Waals surface area (Å²) in [6, 6.07) is 11.9. The Balaban J connectivity index is 1.82. The molecular weight excluding hydrogens is 301 g/mol. The van der Waals surface area contributed by atoms with E-state index in [9.17, 15) is 19.1 Å². The van der Waals surface area contributed by atoms with Crippen LogP contribution in [-0.2, 0) is 9.59 Å². The van der Waals surface area contributed by atoms with Crippen molar-refractivity contribution in [3.05, 3.63) is 59.9 Å². The SMILES string of the molecule is O=C(CC(=O)Nc1ccccc1F)NN=Cc1cccc(O)c1. The van der Waals surface area contributed by atoms with Crippen molar-refractivity contribution >= 4 is 23.7 Å². The third kappa shape index (κ3) is 5.24. The number of benzene rings is 2. The molecular formula is C16H14FN3O3. The summed E-state index contributed by atoms with van der Waals surface area (Å²) in [7, 11) is 0. The summed E-state index contributed by atoms with van der Waals surface area (Å²) in [6.07, 6.45) is 0.831. The highest BCUT2D eigenvalue weighted by molar-refractivity contribution is 6.03. The van der Waals surface area contributed by atoms with Gasteiger partial charge in [-0.25, -0.2) is 9.82 Å². The van der Waals surface area contributed by atoms with Gasteiger partial charge in [-0.3, -0.25) is 9.59 Å². The molecule has 3 N–H and O–H groups in total. The monoisotopic (exact) mass is 315 g/mol. The summed E-state index contributed by atoms with van der Waals surface area (Å²) in [6.45, 7) is 0. The van der Waals surface area contributed by atoms with Crippen LogP contribution in [0.3, 0.4) is 0 Å². The largest absolute Gasteiger partial charge is 0.508 e. The lowest BCUT2D eigenvalue weighted by molar-refractivity contribution is -0.126. The average molecular weight is 315 g/mol. The van der Waals surface area contributed by atoms with Crippen LogP contribution in [0.25, 0.3) is 0 Å². The minimum absolute atomic E-state index is 0.00793. The molecule has 0 heterocycles. The van der Waals surface area contributed by atoms with Crippen molar-refractivity contribution in [3.8, 4) is 5.75 Å². The van der Waals surface area contributed by atoms with Crippen LogP contribution in [0.5, 0.6) is 5.75 Å². The van der Waals surface area contributed by atoms with E-state index < -0.39 is 24.1 Å². The molecule has 0 saturated carbocycles. The lowest BCUT2D eigenvalue weighted by Crippen LogP contribution is -2.24. The maximum absolute atomic E-state index is 13.4. The van der Waals surface area contributed by atoms with Crippen molar-refractivity contribution in [2.75, 3.05) is 5.32 Å². The van der Waals surface area contributed by atoms with Crippen LogP contribution in [-0.4, -0.2) is 23.1 Å². The molecule has 0 atom stereocenters. The topological polar surface area (TPSA) is 90.8 Å². The Hall–Kier alpha value is -3.22. The van der Waals surface area contributed by atoms with Gasteiger partial charge in [0.25, 0.3) is 0 Å². The highest BCUT2D eigenvalue weighted by atomic mass is 19.1. The van der Waals surface area contributed by atoms with Gasteiger partial charge in [-0.2, -0.15) is 5.10 Å². The number of phenols is 1. The molecule has 0 bridgehead atoms. The number of aromatic hydroxyl groups is 1. The number of nitrogens with one attached hydrogen (secondary N) is 2. The third-order valence-electron chi connectivity index (χ3n) is 2.74. The molecule has 0 aliphatic carbocycles. The smallest absolute Gasteiger partial charge is 0.249 e. The minimum Gasteiger partial charge on any atom is -0.508 e. The first-order valence-corrected chi connectivity index (χ1v) is 6.70. The first-order chi connectivity index (χ1) is 11.0. The Labute approximate surface area is 131 Å². The van der Waals surface area contributed by atoms with Crippen molar-refractivity contribution in [3.63, 3.8) is 0 Å². The van der Waals surface area contributed by atoms with Gasteiger partial charge in [-0.15, -0.1) is 0 Å². The van der Waals surface area contributed by atoms with E-state index in [1.54, 1.807) is 18.2 Å². The molecule has 0 radical (unpaired) electrons. The molecule has 0 fully saturated rings. The summed E-state index contributed by atoms with van der Waals surface area (Å²) in [5.74, 6) is -1.80. The zero-order chi connectivity index (χ0) is 16.7. The summed E-state index contributed by atoms with van der Waals surface area (Å²) >= 11 is 0. The zero-order valence-electron chi connectivity index (χ0n) is 12.0. The number of rotatable bonds is 5. The van der Waals surface area contributed by atoms with Crippen molar-refractivity contribution in [2.45, 2.75) is 6.42 Å². The van der Waals surface area contributed by atoms with Gasteiger partial charge in [0.1, 0.15) is 18.0 Å². The van der Waals surface area contributed by atoms with E-state index in [1.807, 2.05) is 0 Å². The molecule has 0 aliphatic rings. The number of halogens is 1. The van der Waals surface area contributed by atoms with E-state index >= 15 is 0 Å². The number of hydrogen-bond acceptors (Lipinski definition) is 4. The van der Waals surface area contributed by atoms with Crippen LogP contribution in [0.2, 0.25) is 0 Å². The molecule has 0 aliphatic heterocycles. The summed E-state index contributed by atoms with van der Waals surface area (Å²) in [4.78, 5) is 23.2. The van der Waals surface area contributed by atoms with Gasteiger partial charge >= 0.3 is 0 Å². The molecule has 0 aromatic heterocycles. The predicted molar refractivity (Wildman–Crippen MR) is 83.5 cm³/mol. The fourth-order valence-corrected chi connectivity index (χ4v) is 1.73. The summed E-state index contributed by atoms with van der Waals surface area (Å²) < 4.78 is 13.4. The van der Waals surface area contributed by atoms with Crippen molar-refractivity contribution in [1.82, 2.24) is 5.43 Å². The fraction of sp³-hybridized carbons (Fsp3) is 0.0625. The van der Waals surface area contributed by atoms with Gasteiger partial charge in [0.2, 0.25) is 11.8 Å². The minimum atomic E-state index is -0.653. The third-order valence-corrected chi connectivity index (χ3v) is 2.74. The Morgan fingerprint density at radius 1 is 1.13 bits per heavy atom. The Bertz CT molecular complexity index is 747. The number of hydrazone groups is 1. The number of anilines is 1. The number of amides is 2. The van der Waals surface area contributed by atoms with Crippen LogP contribution in [0.4, 0.5) is 10.1 Å². The van der Waals surface area contributed by atoms with Crippen LogP contribution < -0.4 is 10.7 Å². The quantitative estimate of drug-likeness (QED) is 0.448. The van der Waals surface area contributed by atoms with E-state index in [4.69, 9.17) is 0 Å². The maximum Gasteiger partial charge on any atom is 0.249 e. The van der Waals surface area contributed by atoms with Crippen LogP contribution in [0.1, 0.15) is 12.0 Å². The molecule has 118 valence electrons. The van der Waals surface area contributed by atoms with Crippen molar-refractivity contribution < 1.29 is 19.1 Å². The molecule has 0 unspecified atom stereocenters. The molecule has 2 rings (SSSR count). The van der Waals surface area contributed by atoms with Gasteiger partial charge in [0.05, 0.1) is 11.9 Å². The standard InChI is InChI=1S/C16H14FN3O3/c17-13-6-1-2-7-14(13)19-15(22)9-16(23)20-18-10-11-4-3-5-12(21)8-11/h1-8,10,21H,9H2,(H,19,22)(H,20,23). The fourth-order valence-electron chi connectivity index (χ4n) is 1.73. The van der Waals surface area contributed by atoms with E-state index in [-0.39, 0.29) is 11.4 Å². The van der Waals surface area contributed by atoms with E-state index in [2.05, 4.69) is 15.8 Å². The number of phenolic OH excluding ortho intramolecular Hbond substituents is 1. The second kappa shape index (κ2) is 7.69. The molecule has 0 saturated heterocycles. The number of nitrogens with zero attached hydrogens (tertiary/aromatic N) is 1. The molecule has 23 heavy (non-hydrogen) atoms. The van der Waals surface area contributed by atoms with Crippen LogP contribution in [0, 0.1) is 5.82 Å². The molecule has 2 aromatic rings. The van der Waals surface area contributed by atoms with Gasteiger partial charge in [0, 0.05) is 0 Å². The van der Waals surface area contributed by atoms with Crippen molar-refractivity contribution in [1.29, 1.82) is 0 Å². The molecule has 7 heteroatoms. The number of carbonyl (C=O) groups is 2.